The van der Waals surface area contributed by atoms with E-state index in [4.69, 9.17) is 4.74 Å². The molecule has 156 valence electrons. The van der Waals surface area contributed by atoms with E-state index in [2.05, 4.69) is 10.4 Å². The Labute approximate surface area is 175 Å². The summed E-state index contributed by atoms with van der Waals surface area (Å²) in [7, 11) is 0. The van der Waals surface area contributed by atoms with Crippen LogP contribution in [-0.4, -0.2) is 28.8 Å². The molecule has 0 unspecified atom stereocenters. The molecule has 4 rings (SSSR count). The van der Waals surface area contributed by atoms with Gasteiger partial charge in [-0.25, -0.2) is 9.07 Å². The number of hydrogen-bond acceptors (Lipinski definition) is 3. The maximum Gasteiger partial charge on any atom is 0.272 e. The fraction of sp³-hybridized carbons (Fsp3) is 0.333. The molecule has 0 aliphatic heterocycles. The lowest BCUT2D eigenvalue weighted by atomic mass is 10.1. The van der Waals surface area contributed by atoms with Crippen LogP contribution in [0.5, 0.6) is 0 Å². The summed E-state index contributed by atoms with van der Waals surface area (Å²) in [6, 6.07) is 16.3. The highest BCUT2D eigenvalue weighted by atomic mass is 19.1. The zero-order valence-corrected chi connectivity index (χ0v) is 17.1. The lowest BCUT2D eigenvalue weighted by Crippen LogP contribution is -2.26. The predicted octanol–water partition coefficient (Wildman–Crippen LogP) is 4.40. The van der Waals surface area contributed by atoms with Crippen LogP contribution in [-0.2, 0) is 17.6 Å². The first-order valence-corrected chi connectivity index (χ1v) is 10.4. The van der Waals surface area contributed by atoms with Gasteiger partial charge in [0.15, 0.2) is 5.69 Å². The number of carbonyl (C=O) groups excluding carboxylic acids is 1. The normalized spacial score (nSPS) is 13.8. The highest BCUT2D eigenvalue weighted by molar-refractivity contribution is 5.94. The highest BCUT2D eigenvalue weighted by Crippen LogP contribution is 2.28. The molecule has 1 N–H and O–H groups in total. The average Bonchev–Trinajstić information content (AvgIpc) is 3.37. The predicted molar refractivity (Wildman–Crippen MR) is 113 cm³/mol. The summed E-state index contributed by atoms with van der Waals surface area (Å²) in [6.45, 7) is 3.12. The van der Waals surface area contributed by atoms with Gasteiger partial charge in [0.25, 0.3) is 5.91 Å². The van der Waals surface area contributed by atoms with E-state index in [1.807, 2.05) is 37.3 Å². The average molecular weight is 407 g/mol. The van der Waals surface area contributed by atoms with Crippen molar-refractivity contribution < 1.29 is 13.9 Å². The monoisotopic (exact) mass is 407 g/mol. The van der Waals surface area contributed by atoms with Crippen LogP contribution in [0.4, 0.5) is 4.39 Å². The topological polar surface area (TPSA) is 56.1 Å². The Hall–Kier alpha value is -2.99. The Bertz CT molecular complexity index is 999. The number of benzene rings is 2. The SMILES string of the molecule is C[C@H](OCCCNC(=O)c1nn(-c2ccc(F)cc2)c2c1CCC2)c1ccccc1. The molecule has 0 saturated carbocycles. The van der Waals surface area contributed by atoms with Gasteiger partial charge in [0, 0.05) is 24.4 Å². The molecule has 5 nitrogen and oxygen atoms in total. The van der Waals surface area contributed by atoms with Gasteiger partial charge in [0.1, 0.15) is 5.82 Å². The molecule has 1 aliphatic rings. The van der Waals surface area contributed by atoms with Crippen molar-refractivity contribution in [2.75, 3.05) is 13.2 Å². The summed E-state index contributed by atoms with van der Waals surface area (Å²) in [5, 5.41) is 7.51. The van der Waals surface area contributed by atoms with Gasteiger partial charge in [0.05, 0.1) is 11.8 Å². The summed E-state index contributed by atoms with van der Waals surface area (Å²) in [5.41, 5.74) is 4.45. The van der Waals surface area contributed by atoms with Crippen LogP contribution in [0.3, 0.4) is 0 Å². The molecule has 0 fully saturated rings. The van der Waals surface area contributed by atoms with E-state index in [0.717, 1.165) is 48.2 Å². The van der Waals surface area contributed by atoms with E-state index < -0.39 is 0 Å². The first-order valence-electron chi connectivity index (χ1n) is 10.4. The zero-order chi connectivity index (χ0) is 20.9. The second-order valence-corrected chi connectivity index (χ2v) is 7.55. The van der Waals surface area contributed by atoms with E-state index in [1.165, 1.54) is 12.1 Å². The molecular formula is C24H26FN3O2. The van der Waals surface area contributed by atoms with Crippen molar-refractivity contribution in [3.8, 4) is 5.69 Å². The maximum atomic E-state index is 13.3. The number of nitrogens with one attached hydrogen (secondary N) is 1. The van der Waals surface area contributed by atoms with Crippen molar-refractivity contribution in [1.29, 1.82) is 0 Å². The standard InChI is InChI=1S/C24H26FN3O2/c1-17(18-7-3-2-4-8-18)30-16-6-15-26-24(29)23-21-9-5-10-22(21)28(27-23)20-13-11-19(25)12-14-20/h2-4,7-8,11-14,17H,5-6,9-10,15-16H2,1H3,(H,26,29)/t17-/m0/s1. The van der Waals surface area contributed by atoms with Crippen LogP contribution in [0.2, 0.25) is 0 Å². The van der Waals surface area contributed by atoms with Crippen molar-refractivity contribution in [3.05, 3.63) is 82.9 Å². The molecule has 0 saturated heterocycles. The van der Waals surface area contributed by atoms with Crippen molar-refractivity contribution >= 4 is 5.91 Å². The largest absolute Gasteiger partial charge is 0.374 e. The Morgan fingerprint density at radius 3 is 2.70 bits per heavy atom. The number of nitrogens with zero attached hydrogens (tertiary/aromatic N) is 2. The van der Waals surface area contributed by atoms with Crippen molar-refractivity contribution in [1.82, 2.24) is 15.1 Å². The summed E-state index contributed by atoms with van der Waals surface area (Å²) in [5.74, 6) is -0.450. The maximum absolute atomic E-state index is 13.3. The van der Waals surface area contributed by atoms with Gasteiger partial charge in [-0.15, -0.1) is 0 Å². The lowest BCUT2D eigenvalue weighted by molar-refractivity contribution is 0.0634. The van der Waals surface area contributed by atoms with Gasteiger partial charge < -0.3 is 10.1 Å². The molecule has 1 atom stereocenters. The van der Waals surface area contributed by atoms with Gasteiger partial charge in [-0.3, -0.25) is 4.79 Å². The van der Waals surface area contributed by atoms with Gasteiger partial charge >= 0.3 is 0 Å². The van der Waals surface area contributed by atoms with Gasteiger partial charge in [0.2, 0.25) is 0 Å². The fourth-order valence-electron chi connectivity index (χ4n) is 3.85. The number of ether oxygens (including phenoxy) is 1. The minimum Gasteiger partial charge on any atom is -0.374 e. The Morgan fingerprint density at radius 1 is 1.17 bits per heavy atom. The third-order valence-corrected chi connectivity index (χ3v) is 5.46. The summed E-state index contributed by atoms with van der Waals surface area (Å²) >= 11 is 0. The first-order chi connectivity index (χ1) is 14.6. The molecule has 1 aromatic heterocycles. The third kappa shape index (κ3) is 4.44. The Morgan fingerprint density at radius 2 is 1.93 bits per heavy atom. The number of aromatic nitrogens is 2. The number of halogens is 1. The molecule has 30 heavy (non-hydrogen) atoms. The first kappa shape index (κ1) is 20.3. The number of hydrogen-bond donors (Lipinski definition) is 1. The quantitative estimate of drug-likeness (QED) is 0.563. The number of carbonyl (C=O) groups is 1. The summed E-state index contributed by atoms with van der Waals surface area (Å²) < 4.78 is 20.9. The van der Waals surface area contributed by atoms with Crippen molar-refractivity contribution in [2.24, 2.45) is 0 Å². The molecule has 6 heteroatoms. The zero-order valence-electron chi connectivity index (χ0n) is 17.1. The summed E-state index contributed by atoms with van der Waals surface area (Å²) in [4.78, 5) is 12.7. The van der Waals surface area contributed by atoms with Crippen LogP contribution in [0.1, 0.15) is 53.2 Å². The van der Waals surface area contributed by atoms with E-state index in [1.54, 1.807) is 16.8 Å². The van der Waals surface area contributed by atoms with Gasteiger partial charge in [-0.2, -0.15) is 5.10 Å². The van der Waals surface area contributed by atoms with E-state index in [-0.39, 0.29) is 17.8 Å². The lowest BCUT2D eigenvalue weighted by Gasteiger charge is -2.13. The van der Waals surface area contributed by atoms with E-state index in [9.17, 15) is 9.18 Å². The van der Waals surface area contributed by atoms with Crippen molar-refractivity contribution in [2.45, 2.75) is 38.7 Å². The van der Waals surface area contributed by atoms with Gasteiger partial charge in [-0.1, -0.05) is 30.3 Å². The third-order valence-electron chi connectivity index (χ3n) is 5.46. The highest BCUT2D eigenvalue weighted by Gasteiger charge is 2.26. The van der Waals surface area contributed by atoms with Crippen LogP contribution in [0.15, 0.2) is 54.6 Å². The molecule has 0 radical (unpaired) electrons. The Balaban J connectivity index is 1.33. The molecule has 1 heterocycles. The molecule has 1 aliphatic carbocycles. The second kappa shape index (κ2) is 9.22. The molecule has 2 aromatic carbocycles. The Kier molecular flexibility index (Phi) is 6.23. The number of fused-ring (bicyclic) bond motifs is 1. The number of amides is 1. The molecule has 3 aromatic rings. The van der Waals surface area contributed by atoms with Gasteiger partial charge in [-0.05, 0) is 62.4 Å². The number of rotatable bonds is 8. The van der Waals surface area contributed by atoms with E-state index in [0.29, 0.717) is 18.8 Å². The van der Waals surface area contributed by atoms with Crippen LogP contribution in [0, 0.1) is 5.82 Å². The molecule has 1 amide bonds. The summed E-state index contributed by atoms with van der Waals surface area (Å²) in [6.07, 6.45) is 3.47. The van der Waals surface area contributed by atoms with Crippen molar-refractivity contribution in [3.63, 3.8) is 0 Å². The molecule has 0 spiro atoms. The molecular weight excluding hydrogens is 381 g/mol. The van der Waals surface area contributed by atoms with Crippen LogP contribution >= 0.6 is 0 Å². The fourth-order valence-corrected chi connectivity index (χ4v) is 3.85. The van der Waals surface area contributed by atoms with Crippen LogP contribution in [0.25, 0.3) is 5.69 Å². The molecule has 0 bridgehead atoms. The minimum absolute atomic E-state index is 0.0246. The smallest absolute Gasteiger partial charge is 0.272 e. The second-order valence-electron chi connectivity index (χ2n) is 7.55. The van der Waals surface area contributed by atoms with E-state index >= 15 is 0 Å². The van der Waals surface area contributed by atoms with Crippen LogP contribution < -0.4 is 5.32 Å². The minimum atomic E-state index is -0.288.